The van der Waals surface area contributed by atoms with E-state index in [1.54, 1.807) is 4.90 Å². The molecule has 0 saturated carbocycles. The second-order valence-electron chi connectivity index (χ2n) is 10.9. The lowest BCUT2D eigenvalue weighted by Gasteiger charge is -2.38. The lowest BCUT2D eigenvalue weighted by molar-refractivity contribution is -0.147. The first-order valence-corrected chi connectivity index (χ1v) is 12.4. The predicted molar refractivity (Wildman–Crippen MR) is 132 cm³/mol. The summed E-state index contributed by atoms with van der Waals surface area (Å²) in [5, 5.41) is 10.3. The molecule has 184 valence electrons. The van der Waals surface area contributed by atoms with Crippen molar-refractivity contribution < 1.29 is 19.4 Å². The van der Waals surface area contributed by atoms with Gasteiger partial charge in [0.1, 0.15) is 5.60 Å². The summed E-state index contributed by atoms with van der Waals surface area (Å²) >= 11 is 0. The van der Waals surface area contributed by atoms with Gasteiger partial charge in [0.15, 0.2) is 0 Å². The Bertz CT molecular complexity index is 958. The SMILES string of the molecule is CC(C)(C)OC(=O)N1CCCC2=CCC(CC3CCN(c4ccncc4)CC3)(C(=O)O)C=C2C1. The highest BCUT2D eigenvalue weighted by molar-refractivity contribution is 5.79. The maximum Gasteiger partial charge on any atom is 0.410 e. The van der Waals surface area contributed by atoms with E-state index in [4.69, 9.17) is 4.74 Å². The standard InChI is InChI=1S/C27H37N3O4/c1-26(2,3)34-25(33)30-14-4-5-21-6-11-27(24(31)32,18-22(21)19-30)17-20-9-15-29(16-10-20)23-7-12-28-13-8-23/h6-8,12-13,18,20H,4-5,9-11,14-17,19H2,1-3H3,(H,31,32). The van der Waals surface area contributed by atoms with Crippen molar-refractivity contribution in [1.29, 1.82) is 0 Å². The molecule has 1 amide bonds. The van der Waals surface area contributed by atoms with E-state index < -0.39 is 17.0 Å². The van der Waals surface area contributed by atoms with E-state index in [2.05, 4.69) is 16.0 Å². The number of pyridine rings is 1. The molecule has 34 heavy (non-hydrogen) atoms. The number of carboxylic acid groups (broad SMARTS) is 1. The van der Waals surface area contributed by atoms with Gasteiger partial charge in [-0.1, -0.05) is 12.2 Å². The number of hydrogen-bond acceptors (Lipinski definition) is 5. The van der Waals surface area contributed by atoms with Crippen molar-refractivity contribution in [3.63, 3.8) is 0 Å². The highest BCUT2D eigenvalue weighted by Crippen LogP contribution is 2.43. The molecule has 1 atom stereocenters. The molecule has 2 fully saturated rings. The number of allylic oxidation sites excluding steroid dienone is 1. The lowest BCUT2D eigenvalue weighted by atomic mass is 9.69. The van der Waals surface area contributed by atoms with Gasteiger partial charge in [-0.15, -0.1) is 0 Å². The number of nitrogens with zero attached hydrogens (tertiary/aromatic N) is 3. The maximum absolute atomic E-state index is 12.7. The Kier molecular flexibility index (Phi) is 7.01. The predicted octanol–water partition coefficient (Wildman–Crippen LogP) is 5.05. The van der Waals surface area contributed by atoms with Crippen molar-refractivity contribution in [2.45, 2.75) is 64.9 Å². The number of ether oxygens (including phenoxy) is 1. The Balaban J connectivity index is 1.47. The summed E-state index contributed by atoms with van der Waals surface area (Å²) in [6.07, 6.45) is 12.2. The van der Waals surface area contributed by atoms with Crippen LogP contribution in [-0.2, 0) is 9.53 Å². The van der Waals surface area contributed by atoms with Crippen LogP contribution in [0.15, 0.2) is 47.8 Å². The molecule has 1 unspecified atom stereocenters. The number of amides is 1. The van der Waals surface area contributed by atoms with Gasteiger partial charge in [0.25, 0.3) is 0 Å². The zero-order chi connectivity index (χ0) is 24.3. The van der Waals surface area contributed by atoms with E-state index in [1.165, 1.54) is 11.3 Å². The fourth-order valence-electron chi connectivity index (χ4n) is 5.40. The number of piperidine rings is 1. The number of carboxylic acids is 1. The summed E-state index contributed by atoms with van der Waals surface area (Å²) in [6, 6.07) is 4.05. The third-order valence-electron chi connectivity index (χ3n) is 7.18. The van der Waals surface area contributed by atoms with E-state index in [9.17, 15) is 14.7 Å². The summed E-state index contributed by atoms with van der Waals surface area (Å²) in [4.78, 5) is 33.5. The molecule has 2 saturated heterocycles. The van der Waals surface area contributed by atoms with Crippen LogP contribution < -0.4 is 4.90 Å². The molecule has 1 N–H and O–H groups in total. The molecule has 0 bridgehead atoms. The Morgan fingerprint density at radius 3 is 2.50 bits per heavy atom. The number of aromatic nitrogens is 1. The van der Waals surface area contributed by atoms with Gasteiger partial charge < -0.3 is 19.6 Å². The Labute approximate surface area is 202 Å². The summed E-state index contributed by atoms with van der Waals surface area (Å²) < 4.78 is 5.60. The van der Waals surface area contributed by atoms with Crippen LogP contribution in [0, 0.1) is 11.3 Å². The molecule has 1 aliphatic carbocycles. The molecular weight excluding hydrogens is 430 g/mol. The number of hydrogen-bond donors (Lipinski definition) is 1. The van der Waals surface area contributed by atoms with Crippen LogP contribution in [0.25, 0.3) is 0 Å². The highest BCUT2D eigenvalue weighted by Gasteiger charge is 2.42. The number of fused-ring (bicyclic) bond motifs is 1. The second-order valence-corrected chi connectivity index (χ2v) is 10.9. The third-order valence-corrected chi connectivity index (χ3v) is 7.18. The fraction of sp³-hybridized carbons (Fsp3) is 0.593. The molecule has 3 aliphatic rings. The first-order valence-electron chi connectivity index (χ1n) is 12.4. The normalized spacial score (nSPS) is 24.0. The molecule has 1 aromatic rings. The molecule has 0 radical (unpaired) electrons. The van der Waals surface area contributed by atoms with Crippen LogP contribution in [0.4, 0.5) is 10.5 Å². The number of carbonyl (C=O) groups is 2. The quantitative estimate of drug-likeness (QED) is 0.667. The lowest BCUT2D eigenvalue weighted by Crippen LogP contribution is -2.40. The van der Waals surface area contributed by atoms with Crippen LogP contribution in [0.5, 0.6) is 0 Å². The van der Waals surface area contributed by atoms with Crippen molar-refractivity contribution in [3.05, 3.63) is 47.8 Å². The molecule has 7 nitrogen and oxygen atoms in total. The van der Waals surface area contributed by atoms with E-state index >= 15 is 0 Å². The van der Waals surface area contributed by atoms with Gasteiger partial charge in [-0.25, -0.2) is 4.79 Å². The first-order chi connectivity index (χ1) is 16.2. The minimum Gasteiger partial charge on any atom is -0.481 e. The first kappa shape index (κ1) is 24.3. The number of rotatable bonds is 4. The summed E-state index contributed by atoms with van der Waals surface area (Å²) in [5.74, 6) is -0.409. The fourth-order valence-corrected chi connectivity index (χ4v) is 5.40. The largest absolute Gasteiger partial charge is 0.481 e. The summed E-state index contributed by atoms with van der Waals surface area (Å²) in [6.45, 7) is 8.48. The van der Waals surface area contributed by atoms with Gasteiger partial charge in [-0.3, -0.25) is 9.78 Å². The Morgan fingerprint density at radius 2 is 1.85 bits per heavy atom. The van der Waals surface area contributed by atoms with Gasteiger partial charge in [-0.05, 0) is 88.5 Å². The van der Waals surface area contributed by atoms with Crippen molar-refractivity contribution in [2.24, 2.45) is 11.3 Å². The molecule has 0 aromatic carbocycles. The molecule has 2 aliphatic heterocycles. The van der Waals surface area contributed by atoms with Crippen LogP contribution in [0.2, 0.25) is 0 Å². The van der Waals surface area contributed by atoms with E-state index in [0.29, 0.717) is 31.8 Å². The monoisotopic (exact) mass is 467 g/mol. The molecule has 7 heteroatoms. The minimum absolute atomic E-state index is 0.329. The van der Waals surface area contributed by atoms with E-state index in [0.717, 1.165) is 44.3 Å². The average molecular weight is 468 g/mol. The minimum atomic E-state index is -0.910. The topological polar surface area (TPSA) is 83.0 Å². The molecule has 1 aromatic heterocycles. The van der Waals surface area contributed by atoms with Crippen molar-refractivity contribution in [2.75, 3.05) is 31.1 Å². The zero-order valence-corrected chi connectivity index (χ0v) is 20.6. The van der Waals surface area contributed by atoms with Gasteiger partial charge in [0.2, 0.25) is 0 Å². The van der Waals surface area contributed by atoms with Crippen LogP contribution in [0.1, 0.15) is 59.3 Å². The van der Waals surface area contributed by atoms with Gasteiger partial charge in [0.05, 0.1) is 5.41 Å². The molecule has 4 rings (SSSR count). The molecule has 0 spiro atoms. The van der Waals surface area contributed by atoms with Gasteiger partial charge >= 0.3 is 12.1 Å². The van der Waals surface area contributed by atoms with Gasteiger partial charge in [0, 0.05) is 44.3 Å². The average Bonchev–Trinajstić information content (AvgIpc) is 3.01. The van der Waals surface area contributed by atoms with Crippen LogP contribution >= 0.6 is 0 Å². The number of carbonyl (C=O) groups excluding carboxylic acids is 1. The third kappa shape index (κ3) is 5.62. The number of anilines is 1. The maximum atomic E-state index is 12.7. The van der Waals surface area contributed by atoms with Crippen molar-refractivity contribution >= 4 is 17.7 Å². The van der Waals surface area contributed by atoms with E-state index in [1.807, 2.05) is 51.4 Å². The zero-order valence-electron chi connectivity index (χ0n) is 20.6. The molecular formula is C27H37N3O4. The smallest absolute Gasteiger partial charge is 0.410 e. The Morgan fingerprint density at radius 1 is 1.15 bits per heavy atom. The van der Waals surface area contributed by atoms with E-state index in [-0.39, 0.29) is 6.09 Å². The number of aliphatic carboxylic acids is 1. The summed E-state index contributed by atoms with van der Waals surface area (Å²) in [7, 11) is 0. The summed E-state index contributed by atoms with van der Waals surface area (Å²) in [5.41, 5.74) is 1.88. The molecule has 3 heterocycles. The van der Waals surface area contributed by atoms with Gasteiger partial charge in [-0.2, -0.15) is 0 Å². The second kappa shape index (κ2) is 9.80. The van der Waals surface area contributed by atoms with Crippen LogP contribution in [0.3, 0.4) is 0 Å². The highest BCUT2D eigenvalue weighted by atomic mass is 16.6. The van der Waals surface area contributed by atoms with Crippen molar-refractivity contribution in [1.82, 2.24) is 9.88 Å². The van der Waals surface area contributed by atoms with Crippen LogP contribution in [-0.4, -0.2) is 58.8 Å². The Hall–Kier alpha value is -2.83. The van der Waals surface area contributed by atoms with Crippen molar-refractivity contribution in [3.8, 4) is 0 Å². The number of likely N-dealkylation sites (tertiary alicyclic amines) is 1.